The van der Waals surface area contributed by atoms with Gasteiger partial charge in [-0.25, -0.2) is 9.78 Å². The first-order chi connectivity index (χ1) is 13.6. The maximum absolute atomic E-state index is 12.7. The van der Waals surface area contributed by atoms with Crippen molar-refractivity contribution >= 4 is 22.9 Å². The highest BCUT2D eigenvalue weighted by Crippen LogP contribution is 2.15. The Bertz CT molecular complexity index is 955. The fraction of sp³-hybridized carbons (Fsp3) is 0.286. The fourth-order valence-electron chi connectivity index (χ4n) is 3.45. The van der Waals surface area contributed by atoms with Crippen LogP contribution in [0.25, 0.3) is 11.0 Å². The average molecular weight is 378 g/mol. The molecule has 4 rings (SSSR count). The van der Waals surface area contributed by atoms with Gasteiger partial charge >= 0.3 is 5.97 Å². The molecule has 1 aromatic heterocycles. The van der Waals surface area contributed by atoms with E-state index in [4.69, 9.17) is 0 Å². The molecule has 1 aliphatic heterocycles. The normalized spacial score (nSPS) is 15.0. The fourth-order valence-corrected chi connectivity index (χ4v) is 3.45. The number of hydrogen-bond donors (Lipinski definition) is 1. The molecule has 0 radical (unpaired) electrons. The van der Waals surface area contributed by atoms with Gasteiger partial charge in [-0.3, -0.25) is 9.69 Å². The summed E-state index contributed by atoms with van der Waals surface area (Å²) in [7, 11) is 1.34. The SMILES string of the molecule is COC(=O)c1ccc(C(=O)N2CCN(Cc3nc4ccccc4[nH]3)CC2)cc1. The minimum atomic E-state index is -0.404. The van der Waals surface area contributed by atoms with Crippen molar-refractivity contribution in [2.75, 3.05) is 33.3 Å². The lowest BCUT2D eigenvalue weighted by atomic mass is 10.1. The molecule has 7 nitrogen and oxygen atoms in total. The van der Waals surface area contributed by atoms with Gasteiger partial charge in [-0.15, -0.1) is 0 Å². The summed E-state index contributed by atoms with van der Waals surface area (Å²) in [6.45, 7) is 3.66. The Morgan fingerprint density at radius 2 is 1.68 bits per heavy atom. The molecule has 2 heterocycles. The third-order valence-electron chi connectivity index (χ3n) is 5.02. The number of imidazole rings is 1. The molecule has 1 aliphatic rings. The highest BCUT2D eigenvalue weighted by atomic mass is 16.5. The first-order valence-electron chi connectivity index (χ1n) is 9.27. The van der Waals surface area contributed by atoms with Gasteiger partial charge in [0.05, 0.1) is 30.3 Å². The minimum absolute atomic E-state index is 0.0141. The van der Waals surface area contributed by atoms with Crippen LogP contribution in [-0.4, -0.2) is 64.9 Å². The number of carbonyl (C=O) groups is 2. The van der Waals surface area contributed by atoms with Crippen molar-refractivity contribution in [1.29, 1.82) is 0 Å². The van der Waals surface area contributed by atoms with Crippen LogP contribution < -0.4 is 0 Å². The zero-order valence-electron chi connectivity index (χ0n) is 15.7. The largest absolute Gasteiger partial charge is 0.465 e. The second kappa shape index (κ2) is 7.82. The van der Waals surface area contributed by atoms with Crippen LogP contribution in [-0.2, 0) is 11.3 Å². The first-order valence-corrected chi connectivity index (χ1v) is 9.27. The minimum Gasteiger partial charge on any atom is -0.465 e. The molecule has 1 N–H and O–H groups in total. The van der Waals surface area contributed by atoms with Gasteiger partial charge in [0, 0.05) is 31.7 Å². The number of piperazine rings is 1. The molecule has 0 unspecified atom stereocenters. The number of methoxy groups -OCH3 is 1. The van der Waals surface area contributed by atoms with Crippen molar-refractivity contribution in [2.24, 2.45) is 0 Å². The number of fused-ring (bicyclic) bond motifs is 1. The van der Waals surface area contributed by atoms with Crippen LogP contribution in [0.4, 0.5) is 0 Å². The molecule has 0 atom stereocenters. The van der Waals surface area contributed by atoms with Gasteiger partial charge < -0.3 is 14.6 Å². The van der Waals surface area contributed by atoms with Crippen LogP contribution in [0.2, 0.25) is 0 Å². The zero-order valence-corrected chi connectivity index (χ0v) is 15.7. The van der Waals surface area contributed by atoms with E-state index in [1.807, 2.05) is 29.2 Å². The highest BCUT2D eigenvalue weighted by molar-refractivity contribution is 5.96. The monoisotopic (exact) mass is 378 g/mol. The summed E-state index contributed by atoms with van der Waals surface area (Å²) in [5, 5.41) is 0. The maximum Gasteiger partial charge on any atom is 0.337 e. The molecule has 7 heteroatoms. The van der Waals surface area contributed by atoms with Crippen LogP contribution in [0.15, 0.2) is 48.5 Å². The molecule has 2 aromatic carbocycles. The van der Waals surface area contributed by atoms with Crippen LogP contribution in [0, 0.1) is 0 Å². The summed E-state index contributed by atoms with van der Waals surface area (Å²) in [5.74, 6) is 0.525. The van der Waals surface area contributed by atoms with Crippen LogP contribution >= 0.6 is 0 Å². The van der Waals surface area contributed by atoms with Gasteiger partial charge in [0.25, 0.3) is 5.91 Å². The first kappa shape index (κ1) is 18.2. The Balaban J connectivity index is 1.34. The van der Waals surface area contributed by atoms with Crippen LogP contribution in [0.3, 0.4) is 0 Å². The van der Waals surface area contributed by atoms with E-state index < -0.39 is 5.97 Å². The summed E-state index contributed by atoms with van der Waals surface area (Å²) in [6.07, 6.45) is 0. The number of nitrogens with one attached hydrogen (secondary N) is 1. The lowest BCUT2D eigenvalue weighted by Gasteiger charge is -2.34. The molecular weight excluding hydrogens is 356 g/mol. The Morgan fingerprint density at radius 3 is 2.36 bits per heavy atom. The van der Waals surface area contributed by atoms with Crippen LogP contribution in [0.1, 0.15) is 26.5 Å². The van der Waals surface area contributed by atoms with E-state index in [0.29, 0.717) is 24.2 Å². The molecule has 1 fully saturated rings. The highest BCUT2D eigenvalue weighted by Gasteiger charge is 2.23. The lowest BCUT2D eigenvalue weighted by Crippen LogP contribution is -2.48. The number of benzene rings is 2. The third-order valence-corrected chi connectivity index (χ3v) is 5.02. The molecule has 0 bridgehead atoms. The van der Waals surface area contributed by atoms with Crippen molar-refractivity contribution in [1.82, 2.24) is 19.8 Å². The standard InChI is InChI=1S/C21H22N4O3/c1-28-21(27)16-8-6-15(7-9-16)20(26)25-12-10-24(11-13-25)14-19-22-17-4-2-3-5-18(17)23-19/h2-9H,10-14H2,1H3,(H,22,23). The number of aromatic nitrogens is 2. The molecule has 144 valence electrons. The van der Waals surface area contributed by atoms with E-state index in [9.17, 15) is 9.59 Å². The number of amides is 1. The summed E-state index contributed by atoms with van der Waals surface area (Å²) in [4.78, 5) is 36.3. The number of rotatable bonds is 4. The van der Waals surface area contributed by atoms with E-state index in [-0.39, 0.29) is 5.91 Å². The molecule has 1 saturated heterocycles. The zero-order chi connectivity index (χ0) is 19.5. The van der Waals surface area contributed by atoms with E-state index in [0.717, 1.165) is 36.5 Å². The molecule has 0 aliphatic carbocycles. The van der Waals surface area contributed by atoms with E-state index >= 15 is 0 Å². The van der Waals surface area contributed by atoms with Gasteiger partial charge in [-0.1, -0.05) is 12.1 Å². The summed E-state index contributed by atoms with van der Waals surface area (Å²) in [5.41, 5.74) is 3.04. The summed E-state index contributed by atoms with van der Waals surface area (Å²) in [6, 6.07) is 14.6. The molecule has 0 spiro atoms. The predicted molar refractivity (Wildman–Crippen MR) is 105 cm³/mol. The Hall–Kier alpha value is -3.19. The number of H-pyrrole nitrogens is 1. The summed E-state index contributed by atoms with van der Waals surface area (Å²) < 4.78 is 4.69. The second-order valence-corrected chi connectivity index (χ2v) is 6.84. The average Bonchev–Trinajstić information content (AvgIpc) is 3.15. The molecule has 0 saturated carbocycles. The number of aromatic amines is 1. The third kappa shape index (κ3) is 3.75. The van der Waals surface area contributed by atoms with E-state index in [1.165, 1.54) is 7.11 Å². The molecule has 1 amide bonds. The maximum atomic E-state index is 12.7. The topological polar surface area (TPSA) is 78.5 Å². The van der Waals surface area contributed by atoms with E-state index in [1.54, 1.807) is 24.3 Å². The number of para-hydroxylation sites is 2. The lowest BCUT2D eigenvalue weighted by molar-refractivity contribution is 0.0595. The number of carbonyl (C=O) groups excluding carboxylic acids is 2. The number of nitrogens with zero attached hydrogens (tertiary/aromatic N) is 3. The van der Waals surface area contributed by atoms with Gasteiger partial charge in [-0.05, 0) is 36.4 Å². The second-order valence-electron chi connectivity index (χ2n) is 6.84. The van der Waals surface area contributed by atoms with Gasteiger partial charge in [0.2, 0.25) is 0 Å². The van der Waals surface area contributed by atoms with Gasteiger partial charge in [0.1, 0.15) is 5.82 Å². The number of esters is 1. The number of hydrogen-bond acceptors (Lipinski definition) is 5. The Labute approximate surface area is 162 Å². The van der Waals surface area contributed by atoms with Crippen molar-refractivity contribution < 1.29 is 14.3 Å². The predicted octanol–water partition coefficient (Wildman–Crippen LogP) is 2.31. The Kier molecular flexibility index (Phi) is 5.08. The van der Waals surface area contributed by atoms with Crippen molar-refractivity contribution in [3.63, 3.8) is 0 Å². The van der Waals surface area contributed by atoms with Crippen LogP contribution in [0.5, 0.6) is 0 Å². The van der Waals surface area contributed by atoms with E-state index in [2.05, 4.69) is 19.6 Å². The molecule has 3 aromatic rings. The summed E-state index contributed by atoms with van der Waals surface area (Å²) >= 11 is 0. The smallest absolute Gasteiger partial charge is 0.337 e. The molecule has 28 heavy (non-hydrogen) atoms. The number of ether oxygens (including phenoxy) is 1. The quantitative estimate of drug-likeness (QED) is 0.705. The van der Waals surface area contributed by atoms with Gasteiger partial charge in [0.15, 0.2) is 0 Å². The van der Waals surface area contributed by atoms with Crippen molar-refractivity contribution in [3.05, 3.63) is 65.5 Å². The van der Waals surface area contributed by atoms with Crippen molar-refractivity contribution in [3.8, 4) is 0 Å². The van der Waals surface area contributed by atoms with Crippen molar-refractivity contribution in [2.45, 2.75) is 6.54 Å². The van der Waals surface area contributed by atoms with Gasteiger partial charge in [-0.2, -0.15) is 0 Å². The Morgan fingerprint density at radius 1 is 1.00 bits per heavy atom. The molecular formula is C21H22N4O3.